The van der Waals surface area contributed by atoms with E-state index in [9.17, 15) is 27.2 Å². The third-order valence-electron chi connectivity index (χ3n) is 7.69. The van der Waals surface area contributed by atoms with Crippen molar-refractivity contribution in [3.8, 4) is 0 Å². The van der Waals surface area contributed by atoms with Gasteiger partial charge in [0.1, 0.15) is 6.67 Å². The van der Waals surface area contributed by atoms with Crippen LogP contribution in [0.2, 0.25) is 0 Å². The highest BCUT2D eigenvalue weighted by atomic mass is 19.4. The van der Waals surface area contributed by atoms with Crippen molar-refractivity contribution in [2.24, 2.45) is 0 Å². The van der Waals surface area contributed by atoms with Crippen LogP contribution in [-0.4, -0.2) is 53.4 Å². The predicted molar refractivity (Wildman–Crippen MR) is 131 cm³/mol. The summed E-state index contributed by atoms with van der Waals surface area (Å²) in [6.07, 6.45) is 1.59. The number of carbonyl (C=O) groups is 2. The monoisotopic (exact) mass is 520 g/mol. The topological polar surface area (TPSA) is 74.3 Å². The molecule has 0 bridgehead atoms. The third-order valence-corrected chi connectivity index (χ3v) is 7.69. The van der Waals surface area contributed by atoms with Crippen molar-refractivity contribution in [1.82, 2.24) is 20.5 Å². The lowest BCUT2D eigenvalue weighted by molar-refractivity contribution is -0.137. The Hall–Kier alpha value is -3.01. The van der Waals surface area contributed by atoms with Gasteiger partial charge in [-0.2, -0.15) is 13.2 Å². The molecular formula is C27H32F4N4O2. The summed E-state index contributed by atoms with van der Waals surface area (Å²) in [6.45, 7) is 4.21. The Bertz CT molecular complexity index is 1120. The average molecular weight is 521 g/mol. The Kier molecular flexibility index (Phi) is 7.87. The molecular weight excluding hydrogens is 488 g/mol. The van der Waals surface area contributed by atoms with Gasteiger partial charge in [0.15, 0.2) is 0 Å². The van der Waals surface area contributed by atoms with E-state index >= 15 is 0 Å². The molecule has 1 saturated heterocycles. The predicted octanol–water partition coefficient (Wildman–Crippen LogP) is 4.31. The minimum absolute atomic E-state index is 0.0472. The zero-order valence-electron chi connectivity index (χ0n) is 21.0. The van der Waals surface area contributed by atoms with Crippen molar-refractivity contribution < 1.29 is 27.2 Å². The fourth-order valence-corrected chi connectivity index (χ4v) is 5.24. The fraction of sp³-hybridized carbons (Fsp3) is 0.519. The van der Waals surface area contributed by atoms with Gasteiger partial charge in [0.25, 0.3) is 5.91 Å². The number of hydrogen-bond acceptors (Lipinski definition) is 4. The molecule has 2 fully saturated rings. The molecule has 6 nitrogen and oxygen atoms in total. The SMILES string of the molecule is Cc1ccc(C2(C)CCC(N3CC(NC(=O)CNC(=O)c4cc(C(F)(F)F)ccc4CF)C3)CC2)cn1. The number of benzene rings is 1. The molecule has 0 atom stereocenters. The van der Waals surface area contributed by atoms with Crippen LogP contribution >= 0.6 is 0 Å². The number of aromatic nitrogens is 1. The first kappa shape index (κ1) is 27.0. The summed E-state index contributed by atoms with van der Waals surface area (Å²) in [7, 11) is 0. The molecule has 2 aromatic rings. The highest BCUT2D eigenvalue weighted by molar-refractivity contribution is 5.98. The summed E-state index contributed by atoms with van der Waals surface area (Å²) in [5.74, 6) is -1.35. The van der Waals surface area contributed by atoms with Crippen molar-refractivity contribution in [1.29, 1.82) is 0 Å². The molecule has 200 valence electrons. The highest BCUT2D eigenvalue weighted by Gasteiger charge is 2.39. The van der Waals surface area contributed by atoms with E-state index in [-0.39, 0.29) is 17.0 Å². The third kappa shape index (κ3) is 6.29. The van der Waals surface area contributed by atoms with E-state index < -0.39 is 42.3 Å². The lowest BCUT2D eigenvalue weighted by atomic mass is 9.69. The number of alkyl halides is 4. The molecule has 1 aromatic heterocycles. The Morgan fingerprint density at radius 2 is 1.84 bits per heavy atom. The Labute approximate surface area is 213 Å². The van der Waals surface area contributed by atoms with Gasteiger partial charge in [0.2, 0.25) is 5.91 Å². The number of aryl methyl sites for hydroxylation is 1. The molecule has 0 spiro atoms. The van der Waals surface area contributed by atoms with Crippen LogP contribution in [0.1, 0.15) is 65.3 Å². The van der Waals surface area contributed by atoms with Crippen molar-refractivity contribution in [2.75, 3.05) is 19.6 Å². The number of pyridine rings is 1. The van der Waals surface area contributed by atoms with Crippen LogP contribution in [0.5, 0.6) is 0 Å². The van der Waals surface area contributed by atoms with Crippen molar-refractivity contribution in [3.05, 3.63) is 64.5 Å². The normalized spacial score (nSPS) is 22.8. The number of carbonyl (C=O) groups excluding carboxylic acids is 2. The van der Waals surface area contributed by atoms with Gasteiger partial charge in [0, 0.05) is 36.6 Å². The fourth-order valence-electron chi connectivity index (χ4n) is 5.24. The largest absolute Gasteiger partial charge is 0.416 e. The summed E-state index contributed by atoms with van der Waals surface area (Å²) in [6, 6.07) is 6.91. The molecule has 0 unspecified atom stereocenters. The molecule has 2 N–H and O–H groups in total. The molecule has 10 heteroatoms. The number of nitrogens with one attached hydrogen (secondary N) is 2. The molecule has 1 saturated carbocycles. The lowest BCUT2D eigenvalue weighted by Crippen LogP contribution is -2.63. The van der Waals surface area contributed by atoms with Gasteiger partial charge < -0.3 is 10.6 Å². The van der Waals surface area contributed by atoms with Crippen molar-refractivity contribution in [3.63, 3.8) is 0 Å². The molecule has 2 amide bonds. The maximum Gasteiger partial charge on any atom is 0.416 e. The Morgan fingerprint density at radius 3 is 2.43 bits per heavy atom. The highest BCUT2D eigenvalue weighted by Crippen LogP contribution is 2.41. The van der Waals surface area contributed by atoms with Crippen LogP contribution in [0.3, 0.4) is 0 Å². The Morgan fingerprint density at radius 1 is 1.14 bits per heavy atom. The summed E-state index contributed by atoms with van der Waals surface area (Å²) >= 11 is 0. The van der Waals surface area contributed by atoms with Gasteiger partial charge in [-0.1, -0.05) is 19.1 Å². The van der Waals surface area contributed by atoms with Gasteiger partial charge >= 0.3 is 6.18 Å². The minimum atomic E-state index is -4.66. The number of amides is 2. The number of rotatable bonds is 7. The second-order valence-electron chi connectivity index (χ2n) is 10.4. The van der Waals surface area contributed by atoms with Gasteiger partial charge in [-0.05, 0) is 67.3 Å². The van der Waals surface area contributed by atoms with E-state index in [1.54, 1.807) is 0 Å². The van der Waals surface area contributed by atoms with E-state index in [2.05, 4.69) is 39.6 Å². The van der Waals surface area contributed by atoms with Gasteiger partial charge in [-0.15, -0.1) is 0 Å². The number of hydrogen-bond donors (Lipinski definition) is 2. The van der Waals surface area contributed by atoms with Gasteiger partial charge in [-0.3, -0.25) is 19.5 Å². The molecule has 1 aliphatic heterocycles. The summed E-state index contributed by atoms with van der Waals surface area (Å²) in [5, 5.41) is 5.15. The second kappa shape index (κ2) is 10.8. The standard InChI is InChI=1S/C27H32F4N4O2/c1-17-3-5-20(13-32-17)26(2)9-7-22(8-10-26)35-15-21(16-35)34-24(36)14-33-25(37)23-11-19(27(29,30)31)6-4-18(23)12-28/h3-6,11,13,21-22H,7-10,12,14-16H2,1-2H3,(H,33,37)(H,34,36). The number of likely N-dealkylation sites (tertiary alicyclic amines) is 1. The maximum atomic E-state index is 13.2. The molecule has 0 radical (unpaired) electrons. The first-order valence-electron chi connectivity index (χ1n) is 12.5. The van der Waals surface area contributed by atoms with Crippen LogP contribution in [0.4, 0.5) is 17.6 Å². The first-order chi connectivity index (χ1) is 17.5. The molecule has 37 heavy (non-hydrogen) atoms. The molecule has 4 rings (SSSR count). The van der Waals surface area contributed by atoms with Crippen LogP contribution in [0, 0.1) is 6.92 Å². The van der Waals surface area contributed by atoms with Crippen LogP contribution in [0.15, 0.2) is 36.5 Å². The van der Waals surface area contributed by atoms with E-state index in [0.29, 0.717) is 25.2 Å². The number of halogens is 4. The smallest absolute Gasteiger partial charge is 0.349 e. The zero-order valence-corrected chi connectivity index (χ0v) is 21.0. The first-order valence-corrected chi connectivity index (χ1v) is 12.5. The molecule has 1 aromatic carbocycles. The summed E-state index contributed by atoms with van der Waals surface area (Å²) < 4.78 is 52.1. The number of nitrogens with zero attached hydrogens (tertiary/aromatic N) is 2. The maximum absolute atomic E-state index is 13.2. The average Bonchev–Trinajstić information content (AvgIpc) is 2.84. The molecule has 2 aliphatic rings. The summed E-state index contributed by atoms with van der Waals surface area (Å²) in [4.78, 5) is 31.5. The van der Waals surface area contributed by atoms with E-state index in [1.165, 1.54) is 5.56 Å². The molecule has 2 heterocycles. The quantitative estimate of drug-likeness (QED) is 0.534. The van der Waals surface area contributed by atoms with Gasteiger partial charge in [-0.25, -0.2) is 4.39 Å². The van der Waals surface area contributed by atoms with Crippen LogP contribution in [-0.2, 0) is 23.1 Å². The van der Waals surface area contributed by atoms with Crippen molar-refractivity contribution in [2.45, 2.75) is 69.9 Å². The van der Waals surface area contributed by atoms with Crippen molar-refractivity contribution >= 4 is 11.8 Å². The lowest BCUT2D eigenvalue weighted by Gasteiger charge is -2.48. The zero-order chi connectivity index (χ0) is 26.8. The van der Waals surface area contributed by atoms with Crippen LogP contribution in [0.25, 0.3) is 0 Å². The molecule has 1 aliphatic carbocycles. The van der Waals surface area contributed by atoms with E-state index in [1.807, 2.05) is 13.1 Å². The van der Waals surface area contributed by atoms with E-state index in [0.717, 1.165) is 43.5 Å². The summed E-state index contributed by atoms with van der Waals surface area (Å²) in [5.41, 5.74) is 0.765. The van der Waals surface area contributed by atoms with E-state index in [4.69, 9.17) is 0 Å². The Balaban J connectivity index is 1.21. The second-order valence-corrected chi connectivity index (χ2v) is 10.4. The minimum Gasteiger partial charge on any atom is -0.349 e. The van der Waals surface area contributed by atoms with Crippen LogP contribution < -0.4 is 10.6 Å². The van der Waals surface area contributed by atoms with Gasteiger partial charge in [0.05, 0.1) is 18.2 Å².